The quantitative estimate of drug-likeness (QED) is 0.587. The van der Waals surface area contributed by atoms with Crippen LogP contribution in [0.15, 0.2) is 12.8 Å². The van der Waals surface area contributed by atoms with Gasteiger partial charge in [0.15, 0.2) is 11.9 Å². The molecule has 0 radical (unpaired) electrons. The molecule has 1 rings (SSSR count). The number of hydrogen-bond donors (Lipinski definition) is 1. The highest BCUT2D eigenvalue weighted by molar-refractivity contribution is 5.35. The molecule has 0 saturated carbocycles. The number of rotatable bonds is 3. The van der Waals surface area contributed by atoms with E-state index in [2.05, 4.69) is 11.8 Å². The lowest BCUT2D eigenvalue weighted by Gasteiger charge is -1.83. The van der Waals surface area contributed by atoms with Crippen molar-refractivity contribution in [3.8, 4) is 0 Å². The zero-order valence-electron chi connectivity index (χ0n) is 6.56. The summed E-state index contributed by atoms with van der Waals surface area (Å²) in [6.07, 6.45) is 3.56. The molecule has 4 nitrogen and oxygen atoms in total. The summed E-state index contributed by atoms with van der Waals surface area (Å²) in [5.74, 6) is 0. The lowest BCUT2D eigenvalue weighted by atomic mass is 10.5. The molecule has 0 aliphatic rings. The van der Waals surface area contributed by atoms with Crippen molar-refractivity contribution in [1.29, 1.82) is 0 Å². The molecule has 1 aromatic rings. The van der Waals surface area contributed by atoms with Gasteiger partial charge in [0, 0.05) is 0 Å². The summed E-state index contributed by atoms with van der Waals surface area (Å²) in [5.41, 5.74) is 0.943. The minimum absolute atomic E-state index is 0.109. The van der Waals surface area contributed by atoms with Gasteiger partial charge in [-0.05, 0) is 6.08 Å². The first-order chi connectivity index (χ1) is 5.27. The zero-order valence-corrected chi connectivity index (χ0v) is 6.56. The fourth-order valence-electron chi connectivity index (χ4n) is 0.883. The van der Waals surface area contributed by atoms with Crippen molar-refractivity contribution in [1.82, 2.24) is 9.90 Å². The molecular formula is C7H12N3O+. The normalized spacial score (nSPS) is 10.0. The maximum absolute atomic E-state index is 8.60. The van der Waals surface area contributed by atoms with Crippen molar-refractivity contribution in [2.75, 3.05) is 6.61 Å². The van der Waals surface area contributed by atoms with Crippen LogP contribution in [0.4, 0.5) is 0 Å². The van der Waals surface area contributed by atoms with Crippen LogP contribution < -0.4 is 4.68 Å². The number of aliphatic hydroxyl groups is 1. The second-order valence-electron chi connectivity index (χ2n) is 2.26. The molecule has 1 N–H and O–H groups in total. The van der Waals surface area contributed by atoms with Gasteiger partial charge in [-0.15, -0.1) is 9.36 Å². The van der Waals surface area contributed by atoms with Crippen molar-refractivity contribution < 1.29 is 9.79 Å². The molecule has 0 spiro atoms. The summed E-state index contributed by atoms with van der Waals surface area (Å²) in [6.45, 7) is 4.27. The van der Waals surface area contributed by atoms with Crippen LogP contribution in [0, 0.1) is 0 Å². The largest absolute Gasteiger partial charge is 0.392 e. The van der Waals surface area contributed by atoms with Crippen LogP contribution in [-0.4, -0.2) is 21.6 Å². The van der Waals surface area contributed by atoms with Crippen LogP contribution in [-0.2, 0) is 13.6 Å². The van der Waals surface area contributed by atoms with E-state index in [-0.39, 0.29) is 6.61 Å². The summed E-state index contributed by atoms with van der Waals surface area (Å²) in [5, 5.41) is 12.7. The molecule has 0 saturated heterocycles. The van der Waals surface area contributed by atoms with Crippen molar-refractivity contribution in [3.05, 3.63) is 18.5 Å². The molecule has 0 atom stereocenters. The Kier molecular flexibility index (Phi) is 2.38. The van der Waals surface area contributed by atoms with Crippen LogP contribution in [0.3, 0.4) is 0 Å². The molecule has 4 heteroatoms. The minimum atomic E-state index is 0.109. The Balaban J connectivity index is 2.86. The second kappa shape index (κ2) is 3.30. The molecule has 0 bridgehead atoms. The third-order valence-electron chi connectivity index (χ3n) is 1.44. The SMILES string of the molecule is C=Cc1cn(CCO)n[n+]1C. The van der Waals surface area contributed by atoms with Gasteiger partial charge in [0.05, 0.1) is 11.8 Å². The molecule has 0 aliphatic carbocycles. The summed E-state index contributed by atoms with van der Waals surface area (Å²) in [7, 11) is 1.84. The Bertz CT molecular complexity index is 254. The van der Waals surface area contributed by atoms with Crippen molar-refractivity contribution in [2.24, 2.45) is 7.05 Å². The lowest BCUT2D eigenvalue weighted by Crippen LogP contribution is -2.34. The average Bonchev–Trinajstić information content (AvgIpc) is 2.32. The highest BCUT2D eigenvalue weighted by Crippen LogP contribution is 1.90. The van der Waals surface area contributed by atoms with Gasteiger partial charge in [-0.1, -0.05) is 6.58 Å². The third kappa shape index (κ3) is 1.65. The van der Waals surface area contributed by atoms with E-state index in [0.29, 0.717) is 6.54 Å². The standard InChI is InChI=1S/C7H12N3O/c1-3-7-6-10(4-5-11)8-9(7)2/h3,6,11H,1,4-5H2,2H3/q+1. The molecule has 0 aromatic carbocycles. The monoisotopic (exact) mass is 154 g/mol. The number of nitrogens with zero attached hydrogens (tertiary/aromatic N) is 3. The average molecular weight is 154 g/mol. The van der Waals surface area contributed by atoms with Gasteiger partial charge in [-0.2, -0.15) is 0 Å². The minimum Gasteiger partial charge on any atom is -0.392 e. The molecular weight excluding hydrogens is 142 g/mol. The lowest BCUT2D eigenvalue weighted by molar-refractivity contribution is -0.733. The smallest absolute Gasteiger partial charge is 0.189 e. The van der Waals surface area contributed by atoms with Crippen LogP contribution in [0.2, 0.25) is 0 Å². The van der Waals surface area contributed by atoms with Gasteiger partial charge in [-0.3, -0.25) is 0 Å². The van der Waals surface area contributed by atoms with Crippen molar-refractivity contribution >= 4 is 6.08 Å². The molecule has 1 aromatic heterocycles. The number of hydrogen-bond acceptors (Lipinski definition) is 2. The van der Waals surface area contributed by atoms with Crippen molar-refractivity contribution in [2.45, 2.75) is 6.54 Å². The third-order valence-corrected chi connectivity index (χ3v) is 1.44. The van der Waals surface area contributed by atoms with Crippen LogP contribution >= 0.6 is 0 Å². The van der Waals surface area contributed by atoms with E-state index < -0.39 is 0 Å². The highest BCUT2D eigenvalue weighted by Gasteiger charge is 2.07. The first kappa shape index (κ1) is 7.94. The maximum Gasteiger partial charge on any atom is 0.189 e. The van der Waals surface area contributed by atoms with Gasteiger partial charge in [0.25, 0.3) is 0 Å². The first-order valence-corrected chi connectivity index (χ1v) is 3.45. The summed E-state index contributed by atoms with van der Waals surface area (Å²) in [6, 6.07) is 0. The van der Waals surface area contributed by atoms with Crippen LogP contribution in [0.25, 0.3) is 6.08 Å². The fourth-order valence-corrected chi connectivity index (χ4v) is 0.883. The molecule has 0 fully saturated rings. The second-order valence-corrected chi connectivity index (χ2v) is 2.26. The van der Waals surface area contributed by atoms with Crippen LogP contribution in [0.5, 0.6) is 0 Å². The summed E-state index contributed by atoms with van der Waals surface area (Å²) < 4.78 is 3.39. The molecule has 60 valence electrons. The van der Waals surface area contributed by atoms with E-state index in [9.17, 15) is 0 Å². The molecule has 0 unspecified atom stereocenters. The van der Waals surface area contributed by atoms with E-state index in [1.165, 1.54) is 0 Å². The summed E-state index contributed by atoms with van der Waals surface area (Å²) >= 11 is 0. The van der Waals surface area contributed by atoms with E-state index in [1.807, 2.05) is 13.2 Å². The first-order valence-electron chi connectivity index (χ1n) is 3.45. The topological polar surface area (TPSA) is 41.9 Å². The van der Waals surface area contributed by atoms with E-state index in [4.69, 9.17) is 5.11 Å². The predicted octanol–water partition coefficient (Wildman–Crippen LogP) is -0.657. The van der Waals surface area contributed by atoms with Gasteiger partial charge in [0.1, 0.15) is 13.6 Å². The molecule has 0 amide bonds. The van der Waals surface area contributed by atoms with Gasteiger partial charge in [-0.25, -0.2) is 0 Å². The van der Waals surface area contributed by atoms with Crippen molar-refractivity contribution in [3.63, 3.8) is 0 Å². The Morgan fingerprint density at radius 1 is 1.91 bits per heavy atom. The van der Waals surface area contributed by atoms with Crippen LogP contribution in [0.1, 0.15) is 5.69 Å². The maximum atomic E-state index is 8.60. The number of aromatic nitrogens is 3. The highest BCUT2D eigenvalue weighted by atomic mass is 16.3. The number of aryl methyl sites for hydroxylation is 1. The Hall–Kier alpha value is -1.16. The summed E-state index contributed by atoms with van der Waals surface area (Å²) in [4.78, 5) is 0. The Morgan fingerprint density at radius 2 is 2.64 bits per heavy atom. The van der Waals surface area contributed by atoms with Gasteiger partial charge >= 0.3 is 0 Å². The van der Waals surface area contributed by atoms with Gasteiger partial charge in [0.2, 0.25) is 0 Å². The molecule has 0 aliphatic heterocycles. The zero-order chi connectivity index (χ0) is 8.27. The Labute approximate surface area is 65.4 Å². The van der Waals surface area contributed by atoms with E-state index in [1.54, 1.807) is 15.4 Å². The Morgan fingerprint density at radius 3 is 3.09 bits per heavy atom. The van der Waals surface area contributed by atoms with Gasteiger partial charge < -0.3 is 5.11 Å². The fraction of sp³-hybridized carbons (Fsp3) is 0.429. The molecule has 1 heterocycles. The number of aliphatic hydroxyl groups excluding tert-OH is 1. The van der Waals surface area contributed by atoms with E-state index >= 15 is 0 Å². The molecule has 11 heavy (non-hydrogen) atoms. The predicted molar refractivity (Wildman–Crippen MR) is 40.6 cm³/mol. The van der Waals surface area contributed by atoms with E-state index in [0.717, 1.165) is 5.69 Å².